The minimum Gasteiger partial charge on any atom is -0.482 e. The van der Waals surface area contributed by atoms with Gasteiger partial charge in [0.2, 0.25) is 5.36 Å². The number of carbonyl (C=O) groups excluding carboxylic acids is 3. The number of imide groups is 1. The van der Waals surface area contributed by atoms with Crippen molar-refractivity contribution in [1.82, 2.24) is 9.64 Å². The molecule has 3 atom stereocenters. The van der Waals surface area contributed by atoms with Gasteiger partial charge in [-0.2, -0.15) is 0 Å². The molecule has 3 unspecified atom stereocenters. The standard InChI is InChI=1S/C41H48N3O7P/c1-9-42-32-19-34-30(17-28(32)24(3)21-40(42,5)6)39(26-11-13-27(14-12-26)50-23-38(47)51-44-36(45)15-16-37(44)46)31-18-29-25(4)22-41(7,8)43(10-2)33(29)20-35(31)52(34,48)49/h11-14,17-20,24-25H,9-10,15-16,21-23H2,1-8H3/p+1. The summed E-state index contributed by atoms with van der Waals surface area (Å²) in [4.78, 5) is 55.8. The van der Waals surface area contributed by atoms with Crippen molar-refractivity contribution in [2.75, 3.05) is 24.6 Å². The molecule has 1 N–H and O–H groups in total. The van der Waals surface area contributed by atoms with E-state index in [1.165, 1.54) is 11.1 Å². The van der Waals surface area contributed by atoms with Gasteiger partial charge in [-0.1, -0.05) is 26.0 Å². The Morgan fingerprint density at radius 3 is 2.21 bits per heavy atom. The maximum atomic E-state index is 15.1. The number of rotatable bonds is 7. The van der Waals surface area contributed by atoms with Gasteiger partial charge in [-0.25, -0.2) is 9.37 Å². The first-order valence-electron chi connectivity index (χ1n) is 18.4. The lowest BCUT2D eigenvalue weighted by atomic mass is 9.78. The molecule has 1 saturated heterocycles. The maximum Gasteiger partial charge on any atom is 0.370 e. The Morgan fingerprint density at radius 2 is 1.58 bits per heavy atom. The smallest absolute Gasteiger partial charge is 0.370 e. The molecule has 7 rings (SSSR count). The van der Waals surface area contributed by atoms with Crippen molar-refractivity contribution in [2.24, 2.45) is 0 Å². The number of benzene rings is 3. The highest BCUT2D eigenvalue weighted by Crippen LogP contribution is 2.49. The molecule has 0 aromatic heterocycles. The Balaban J connectivity index is 1.39. The molecule has 11 heteroatoms. The Morgan fingerprint density at radius 1 is 0.923 bits per heavy atom. The molecule has 2 amide bonds. The molecular formula is C41H49N3O7P+. The van der Waals surface area contributed by atoms with Crippen LogP contribution in [0.4, 0.5) is 5.69 Å². The lowest BCUT2D eigenvalue weighted by Gasteiger charge is -2.48. The second kappa shape index (κ2) is 12.7. The van der Waals surface area contributed by atoms with E-state index in [4.69, 9.17) is 9.57 Å². The van der Waals surface area contributed by atoms with E-state index in [1.807, 2.05) is 24.3 Å². The number of nitrogens with zero attached hydrogens (tertiary/aromatic N) is 3. The Bertz CT molecular complexity index is 2190. The zero-order valence-corrected chi connectivity index (χ0v) is 32.3. The van der Waals surface area contributed by atoms with Crippen LogP contribution in [0.15, 0.2) is 48.5 Å². The summed E-state index contributed by atoms with van der Waals surface area (Å²) in [5, 5.41) is 3.16. The quantitative estimate of drug-likeness (QED) is 0.217. The fraction of sp³-hybridized carbons (Fsp3) is 0.463. The average Bonchev–Trinajstić information content (AvgIpc) is 3.39. The molecule has 4 aliphatic rings. The van der Waals surface area contributed by atoms with E-state index in [1.54, 1.807) is 12.1 Å². The monoisotopic (exact) mass is 726 g/mol. The SMILES string of the molecule is CCN1c2cc3c(cc2C(C)CC1(C)C)C(c1ccc(OCC(=O)ON2C(=O)CCC2=O)cc1)=c1cc2c(cc1P3(=O)O)=[N+](CC)C(C)(C)CC2C. The van der Waals surface area contributed by atoms with E-state index < -0.39 is 31.8 Å². The van der Waals surface area contributed by atoms with Gasteiger partial charge >= 0.3 is 5.97 Å². The van der Waals surface area contributed by atoms with Crippen LogP contribution in [0, 0.1) is 0 Å². The van der Waals surface area contributed by atoms with Crippen molar-refractivity contribution < 1.29 is 33.4 Å². The lowest BCUT2D eigenvalue weighted by molar-refractivity contribution is -0.198. The minimum absolute atomic E-state index is 0.0123. The molecule has 1 fully saturated rings. The van der Waals surface area contributed by atoms with Gasteiger partial charge in [-0.05, 0) is 118 Å². The van der Waals surface area contributed by atoms with Gasteiger partial charge in [-0.3, -0.25) is 14.2 Å². The summed E-state index contributed by atoms with van der Waals surface area (Å²) in [6, 6.07) is 15.6. The third-order valence-corrected chi connectivity index (χ3v) is 13.6. The van der Waals surface area contributed by atoms with Crippen LogP contribution in [-0.2, 0) is 23.8 Å². The highest BCUT2D eigenvalue weighted by atomic mass is 31.2. The van der Waals surface area contributed by atoms with Crippen LogP contribution in [0.25, 0.3) is 5.57 Å². The van der Waals surface area contributed by atoms with E-state index in [0.717, 1.165) is 58.9 Å². The lowest BCUT2D eigenvalue weighted by Crippen LogP contribution is -2.54. The van der Waals surface area contributed by atoms with Crippen molar-refractivity contribution in [1.29, 1.82) is 0 Å². The predicted molar refractivity (Wildman–Crippen MR) is 201 cm³/mol. The summed E-state index contributed by atoms with van der Waals surface area (Å²) in [5.41, 5.74) is 5.60. The molecule has 4 heterocycles. The molecule has 3 aromatic carbocycles. The molecule has 4 aliphatic heterocycles. The number of hydrogen-bond acceptors (Lipinski definition) is 7. The number of carbonyl (C=O) groups is 3. The first-order valence-corrected chi connectivity index (χ1v) is 20.1. The van der Waals surface area contributed by atoms with E-state index in [9.17, 15) is 19.3 Å². The minimum atomic E-state index is -4.07. The van der Waals surface area contributed by atoms with Crippen molar-refractivity contribution in [3.05, 3.63) is 81.4 Å². The Hall–Kier alpha value is -4.27. The molecular weight excluding hydrogens is 677 g/mol. The molecule has 274 valence electrons. The van der Waals surface area contributed by atoms with Crippen molar-refractivity contribution in [2.45, 2.75) is 104 Å². The molecule has 0 spiro atoms. The van der Waals surface area contributed by atoms with Gasteiger partial charge in [-0.15, -0.1) is 5.06 Å². The zero-order valence-electron chi connectivity index (χ0n) is 31.4. The highest BCUT2D eigenvalue weighted by Gasteiger charge is 2.44. The predicted octanol–water partition coefficient (Wildman–Crippen LogP) is 4.36. The van der Waals surface area contributed by atoms with Crippen molar-refractivity contribution in [3.63, 3.8) is 0 Å². The van der Waals surface area contributed by atoms with Crippen LogP contribution >= 0.6 is 7.37 Å². The summed E-state index contributed by atoms with van der Waals surface area (Å²) in [5.74, 6) is -1.09. The van der Waals surface area contributed by atoms with Crippen LogP contribution < -0.4 is 35.4 Å². The van der Waals surface area contributed by atoms with Crippen LogP contribution in [0.2, 0.25) is 0 Å². The fourth-order valence-corrected chi connectivity index (χ4v) is 11.2. The normalized spacial score (nSPS) is 24.2. The Kier molecular flexibility index (Phi) is 8.82. The summed E-state index contributed by atoms with van der Waals surface area (Å²) in [6.07, 6.45) is 1.94. The van der Waals surface area contributed by atoms with Crippen LogP contribution in [0.1, 0.15) is 115 Å². The van der Waals surface area contributed by atoms with Gasteiger partial charge < -0.3 is 19.4 Å². The van der Waals surface area contributed by atoms with Gasteiger partial charge in [0.1, 0.15) is 12.3 Å². The summed E-state index contributed by atoms with van der Waals surface area (Å²) in [6.45, 7) is 18.8. The summed E-state index contributed by atoms with van der Waals surface area (Å²) in [7, 11) is -4.07. The summed E-state index contributed by atoms with van der Waals surface area (Å²) >= 11 is 0. The van der Waals surface area contributed by atoms with Gasteiger partial charge in [0.25, 0.3) is 19.2 Å². The van der Waals surface area contributed by atoms with Crippen molar-refractivity contribution >= 4 is 47.0 Å². The van der Waals surface area contributed by atoms with Gasteiger partial charge in [0.05, 0.1) is 10.6 Å². The first kappa shape index (κ1) is 36.1. The van der Waals surface area contributed by atoms with Crippen LogP contribution in [-0.4, -0.2) is 58.5 Å². The topological polar surface area (TPSA) is 116 Å². The zero-order chi connectivity index (χ0) is 37.5. The largest absolute Gasteiger partial charge is 0.482 e. The van der Waals surface area contributed by atoms with E-state index in [-0.39, 0.29) is 35.8 Å². The van der Waals surface area contributed by atoms with E-state index in [0.29, 0.717) is 21.4 Å². The average molecular weight is 727 g/mol. The molecule has 0 bridgehead atoms. The maximum absolute atomic E-state index is 15.1. The summed E-state index contributed by atoms with van der Waals surface area (Å²) < 4.78 is 23.1. The number of ether oxygens (including phenoxy) is 1. The van der Waals surface area contributed by atoms with E-state index >= 15 is 4.57 Å². The number of amides is 2. The second-order valence-corrected chi connectivity index (χ2v) is 18.1. The first-order chi connectivity index (χ1) is 24.5. The molecule has 0 aliphatic carbocycles. The van der Waals surface area contributed by atoms with Crippen molar-refractivity contribution in [3.8, 4) is 5.75 Å². The number of fused-ring (bicyclic) bond motifs is 4. The number of anilines is 1. The van der Waals surface area contributed by atoms with Gasteiger partial charge in [0, 0.05) is 48.7 Å². The second-order valence-electron chi connectivity index (χ2n) is 16.0. The number of hydrogen-bond donors (Lipinski definition) is 1. The molecule has 10 nitrogen and oxygen atoms in total. The molecule has 0 radical (unpaired) electrons. The molecule has 52 heavy (non-hydrogen) atoms. The highest BCUT2D eigenvalue weighted by molar-refractivity contribution is 7.73. The van der Waals surface area contributed by atoms with Crippen LogP contribution in [0.3, 0.4) is 0 Å². The molecule has 3 aromatic rings. The fourth-order valence-electron chi connectivity index (χ4n) is 9.37. The Labute approximate surface area is 305 Å². The van der Waals surface area contributed by atoms with E-state index in [2.05, 4.69) is 77.0 Å². The van der Waals surface area contributed by atoms with Crippen LogP contribution in [0.5, 0.6) is 5.75 Å². The third-order valence-electron chi connectivity index (χ3n) is 11.5. The molecule has 0 saturated carbocycles. The third kappa shape index (κ3) is 5.79. The number of hydroxylamine groups is 2. The van der Waals surface area contributed by atoms with Gasteiger partial charge in [0.15, 0.2) is 12.1 Å².